The van der Waals surface area contributed by atoms with E-state index in [9.17, 15) is 4.79 Å². The summed E-state index contributed by atoms with van der Waals surface area (Å²) in [6.45, 7) is 1.87. The Morgan fingerprint density at radius 1 is 1.20 bits per heavy atom. The van der Waals surface area contributed by atoms with Gasteiger partial charge in [0.2, 0.25) is 0 Å². The summed E-state index contributed by atoms with van der Waals surface area (Å²) in [5, 5.41) is 5.96. The second-order valence-corrected chi connectivity index (χ2v) is 4.87. The maximum absolute atomic E-state index is 12.0. The molecule has 2 N–H and O–H groups in total. The first-order valence-corrected chi connectivity index (χ1v) is 6.65. The van der Waals surface area contributed by atoms with Crippen LogP contribution in [-0.2, 0) is 0 Å². The molecular formula is C14H12ClN3OS. The first-order valence-electron chi connectivity index (χ1n) is 5.87. The summed E-state index contributed by atoms with van der Waals surface area (Å²) in [6, 6.07) is 12.3. The van der Waals surface area contributed by atoms with Gasteiger partial charge in [-0.2, -0.15) is 0 Å². The Morgan fingerprint density at radius 2 is 1.95 bits per heavy atom. The number of pyridine rings is 1. The number of anilines is 1. The Bertz CT molecular complexity index is 660. The summed E-state index contributed by atoms with van der Waals surface area (Å²) in [6.07, 6.45) is 0. The van der Waals surface area contributed by atoms with Crippen LogP contribution in [0.2, 0.25) is 5.02 Å². The molecule has 1 aromatic heterocycles. The molecule has 0 saturated heterocycles. The zero-order valence-corrected chi connectivity index (χ0v) is 12.3. The van der Waals surface area contributed by atoms with Crippen LogP contribution in [0.3, 0.4) is 0 Å². The zero-order valence-electron chi connectivity index (χ0n) is 10.7. The molecule has 102 valence electrons. The molecule has 2 aromatic rings. The minimum absolute atomic E-state index is 0.174. The number of amides is 1. The van der Waals surface area contributed by atoms with E-state index in [-0.39, 0.29) is 11.0 Å². The number of nitrogens with zero attached hydrogens (tertiary/aromatic N) is 1. The number of hydrogen-bond donors (Lipinski definition) is 2. The fourth-order valence-corrected chi connectivity index (χ4v) is 1.99. The van der Waals surface area contributed by atoms with Crippen molar-refractivity contribution in [2.24, 2.45) is 0 Å². The molecule has 0 saturated carbocycles. The molecular weight excluding hydrogens is 294 g/mol. The van der Waals surface area contributed by atoms with Crippen molar-refractivity contribution in [2.75, 3.05) is 5.32 Å². The van der Waals surface area contributed by atoms with E-state index >= 15 is 0 Å². The summed E-state index contributed by atoms with van der Waals surface area (Å²) >= 11 is 11.0. The largest absolute Gasteiger partial charge is 0.317 e. The van der Waals surface area contributed by atoms with Gasteiger partial charge < -0.3 is 5.32 Å². The van der Waals surface area contributed by atoms with Gasteiger partial charge >= 0.3 is 0 Å². The van der Waals surface area contributed by atoms with Gasteiger partial charge in [-0.1, -0.05) is 29.8 Å². The average molecular weight is 306 g/mol. The quantitative estimate of drug-likeness (QED) is 0.837. The molecule has 0 aliphatic rings. The Morgan fingerprint density at radius 3 is 2.65 bits per heavy atom. The number of carbonyl (C=O) groups excluding carboxylic acids is 1. The molecule has 0 atom stereocenters. The minimum Gasteiger partial charge on any atom is -0.317 e. The molecule has 6 heteroatoms. The standard InChI is InChI=1S/C14H12ClN3OS/c1-9-5-4-8-12(16-9)17-14(20)18-13(19)10-6-2-3-7-11(10)15/h2-8H,1H3,(H2,16,17,18,19,20). The molecule has 0 radical (unpaired) electrons. The molecule has 4 nitrogen and oxygen atoms in total. The second kappa shape index (κ2) is 6.45. The van der Waals surface area contributed by atoms with Crippen LogP contribution in [0.4, 0.5) is 5.82 Å². The minimum atomic E-state index is -0.360. The normalized spacial score (nSPS) is 9.90. The number of aromatic nitrogens is 1. The first kappa shape index (κ1) is 14.4. The number of carbonyl (C=O) groups is 1. The monoisotopic (exact) mass is 305 g/mol. The SMILES string of the molecule is Cc1cccc(NC(=S)NC(=O)c2ccccc2Cl)n1. The molecule has 20 heavy (non-hydrogen) atoms. The lowest BCUT2D eigenvalue weighted by Gasteiger charge is -2.09. The number of halogens is 1. The molecule has 1 amide bonds. The van der Waals surface area contributed by atoms with Crippen molar-refractivity contribution in [1.82, 2.24) is 10.3 Å². The lowest BCUT2D eigenvalue weighted by atomic mass is 10.2. The van der Waals surface area contributed by atoms with Gasteiger partial charge in [-0.3, -0.25) is 10.1 Å². The highest BCUT2D eigenvalue weighted by atomic mass is 35.5. The molecule has 1 aromatic carbocycles. The molecule has 0 aliphatic heterocycles. The van der Waals surface area contributed by atoms with Crippen molar-refractivity contribution in [3.63, 3.8) is 0 Å². The van der Waals surface area contributed by atoms with Gasteiger partial charge in [0, 0.05) is 5.69 Å². The van der Waals surface area contributed by atoms with Crippen LogP contribution in [0, 0.1) is 6.92 Å². The molecule has 0 fully saturated rings. The smallest absolute Gasteiger partial charge is 0.258 e. The summed E-state index contributed by atoms with van der Waals surface area (Å²) in [7, 11) is 0. The zero-order chi connectivity index (χ0) is 14.5. The van der Waals surface area contributed by atoms with E-state index in [4.69, 9.17) is 23.8 Å². The number of rotatable bonds is 2. The van der Waals surface area contributed by atoms with Gasteiger partial charge in [0.1, 0.15) is 5.82 Å². The van der Waals surface area contributed by atoms with Gasteiger partial charge in [-0.15, -0.1) is 0 Å². The highest BCUT2D eigenvalue weighted by Crippen LogP contribution is 2.14. The van der Waals surface area contributed by atoms with Crippen molar-refractivity contribution < 1.29 is 4.79 Å². The Kier molecular flexibility index (Phi) is 4.65. The van der Waals surface area contributed by atoms with E-state index in [2.05, 4.69) is 15.6 Å². The lowest BCUT2D eigenvalue weighted by molar-refractivity contribution is 0.0978. The Hall–Kier alpha value is -1.98. The highest BCUT2D eigenvalue weighted by Gasteiger charge is 2.11. The topological polar surface area (TPSA) is 54.0 Å². The number of benzene rings is 1. The number of aryl methyl sites for hydroxylation is 1. The van der Waals surface area contributed by atoms with E-state index in [1.54, 1.807) is 30.3 Å². The Balaban J connectivity index is 2.02. The van der Waals surface area contributed by atoms with Gasteiger partial charge in [0.25, 0.3) is 5.91 Å². The molecule has 1 heterocycles. The van der Waals surface area contributed by atoms with Crippen molar-refractivity contribution in [3.05, 3.63) is 58.7 Å². The fraction of sp³-hybridized carbons (Fsp3) is 0.0714. The average Bonchev–Trinajstić information content (AvgIpc) is 2.38. The third kappa shape index (κ3) is 3.76. The van der Waals surface area contributed by atoms with E-state index in [0.29, 0.717) is 16.4 Å². The maximum atomic E-state index is 12.0. The summed E-state index contributed by atoms with van der Waals surface area (Å²) in [5.41, 5.74) is 1.23. The van der Waals surface area contributed by atoms with Crippen LogP contribution in [0.25, 0.3) is 0 Å². The lowest BCUT2D eigenvalue weighted by Crippen LogP contribution is -2.34. The van der Waals surface area contributed by atoms with Crippen LogP contribution in [0.15, 0.2) is 42.5 Å². The molecule has 2 rings (SSSR count). The predicted molar refractivity (Wildman–Crippen MR) is 84.1 cm³/mol. The van der Waals surface area contributed by atoms with Crippen molar-refractivity contribution >= 4 is 40.7 Å². The van der Waals surface area contributed by atoms with E-state index in [1.165, 1.54) is 0 Å². The molecule has 0 spiro atoms. The van der Waals surface area contributed by atoms with Gasteiger partial charge in [-0.25, -0.2) is 4.98 Å². The van der Waals surface area contributed by atoms with E-state index in [0.717, 1.165) is 5.69 Å². The summed E-state index contributed by atoms with van der Waals surface area (Å²) < 4.78 is 0. The summed E-state index contributed by atoms with van der Waals surface area (Å²) in [4.78, 5) is 16.2. The van der Waals surface area contributed by atoms with Crippen molar-refractivity contribution in [2.45, 2.75) is 6.92 Å². The van der Waals surface area contributed by atoms with Gasteiger partial charge in [0.05, 0.1) is 10.6 Å². The molecule has 0 unspecified atom stereocenters. The third-order valence-electron chi connectivity index (χ3n) is 2.48. The highest BCUT2D eigenvalue weighted by molar-refractivity contribution is 7.80. The number of nitrogens with one attached hydrogen (secondary N) is 2. The fourth-order valence-electron chi connectivity index (χ4n) is 1.58. The van der Waals surface area contributed by atoms with Crippen LogP contribution in [0.1, 0.15) is 16.1 Å². The predicted octanol–water partition coefficient (Wildman–Crippen LogP) is 3.17. The van der Waals surface area contributed by atoms with Crippen LogP contribution >= 0.6 is 23.8 Å². The molecule has 0 aliphatic carbocycles. The van der Waals surface area contributed by atoms with Crippen molar-refractivity contribution in [3.8, 4) is 0 Å². The second-order valence-electron chi connectivity index (χ2n) is 4.05. The third-order valence-corrected chi connectivity index (χ3v) is 3.01. The number of hydrogen-bond acceptors (Lipinski definition) is 3. The first-order chi connectivity index (χ1) is 9.56. The van der Waals surface area contributed by atoms with Gasteiger partial charge in [0.15, 0.2) is 5.11 Å². The van der Waals surface area contributed by atoms with Crippen molar-refractivity contribution in [1.29, 1.82) is 0 Å². The maximum Gasteiger partial charge on any atom is 0.258 e. The van der Waals surface area contributed by atoms with Crippen LogP contribution < -0.4 is 10.6 Å². The van der Waals surface area contributed by atoms with E-state index in [1.807, 2.05) is 19.1 Å². The number of thiocarbonyl (C=S) groups is 1. The van der Waals surface area contributed by atoms with Crippen LogP contribution in [-0.4, -0.2) is 16.0 Å². The van der Waals surface area contributed by atoms with Gasteiger partial charge in [-0.05, 0) is 43.4 Å². The van der Waals surface area contributed by atoms with Crippen LogP contribution in [0.5, 0.6) is 0 Å². The Labute approximate surface area is 127 Å². The summed E-state index contributed by atoms with van der Waals surface area (Å²) in [5.74, 6) is 0.218. The van der Waals surface area contributed by atoms with E-state index < -0.39 is 0 Å². The molecule has 0 bridgehead atoms.